The largest absolute Gasteiger partial charge is 0.461 e. The van der Waals surface area contributed by atoms with Crippen LogP contribution < -0.4 is 4.74 Å². The molecular weight excluding hydrogens is 472 g/mol. The van der Waals surface area contributed by atoms with Crippen molar-refractivity contribution in [1.29, 1.82) is 0 Å². The van der Waals surface area contributed by atoms with Gasteiger partial charge in [0.2, 0.25) is 0 Å². The third kappa shape index (κ3) is 5.43. The van der Waals surface area contributed by atoms with Crippen LogP contribution in [-0.4, -0.2) is 17.6 Å². The van der Waals surface area contributed by atoms with Crippen molar-refractivity contribution in [3.63, 3.8) is 0 Å². The van der Waals surface area contributed by atoms with Crippen LogP contribution in [0.5, 0.6) is 5.75 Å². The van der Waals surface area contributed by atoms with Gasteiger partial charge < -0.3 is 9.84 Å². The highest BCUT2D eigenvalue weighted by molar-refractivity contribution is 9.11. The van der Waals surface area contributed by atoms with Gasteiger partial charge in [0, 0.05) is 8.95 Å². The summed E-state index contributed by atoms with van der Waals surface area (Å²) < 4.78 is 56.2. The molecule has 1 unspecified atom stereocenters. The van der Waals surface area contributed by atoms with E-state index < -0.39 is 24.4 Å². The van der Waals surface area contributed by atoms with Gasteiger partial charge in [-0.2, -0.15) is 17.6 Å². The number of hydrogen-bond donors (Lipinski definition) is 1. The summed E-state index contributed by atoms with van der Waals surface area (Å²) in [6.07, 6.45) is -8.64. The van der Waals surface area contributed by atoms with E-state index in [1.807, 2.05) is 18.2 Å². The Bertz CT molecular complexity index is 705. The van der Waals surface area contributed by atoms with Crippen LogP contribution in [0.2, 0.25) is 0 Å². The van der Waals surface area contributed by atoms with Gasteiger partial charge in [-0.15, -0.1) is 0 Å². The molecule has 136 valence electrons. The fourth-order valence-corrected chi connectivity index (χ4v) is 3.60. The average molecular weight is 486 g/mol. The van der Waals surface area contributed by atoms with Crippen molar-refractivity contribution in [3.05, 3.63) is 62.5 Å². The SMILES string of the molecule is OC(CCc1c(Br)cccc1Br)c1cccc(OC(F)(F)C(F)F)c1. The van der Waals surface area contributed by atoms with E-state index in [9.17, 15) is 22.7 Å². The summed E-state index contributed by atoms with van der Waals surface area (Å²) in [4.78, 5) is 0. The number of halogens is 6. The first-order chi connectivity index (χ1) is 11.7. The summed E-state index contributed by atoms with van der Waals surface area (Å²) in [5.41, 5.74) is 1.27. The Hall–Kier alpha value is -1.12. The molecule has 0 spiro atoms. The minimum Gasteiger partial charge on any atom is -0.428 e. The van der Waals surface area contributed by atoms with Crippen molar-refractivity contribution in [2.24, 2.45) is 0 Å². The molecule has 2 rings (SSSR count). The molecule has 0 amide bonds. The molecule has 0 aliphatic carbocycles. The Morgan fingerprint density at radius 2 is 1.64 bits per heavy atom. The molecule has 0 saturated heterocycles. The molecule has 2 nitrogen and oxygen atoms in total. The number of rotatable bonds is 7. The maximum atomic E-state index is 13.0. The van der Waals surface area contributed by atoms with E-state index in [4.69, 9.17) is 0 Å². The molecule has 0 radical (unpaired) electrons. The molecule has 0 heterocycles. The lowest BCUT2D eigenvalue weighted by Gasteiger charge is -2.18. The molecule has 0 aromatic heterocycles. The normalized spacial score (nSPS) is 13.1. The number of alkyl halides is 4. The first kappa shape index (κ1) is 20.2. The Kier molecular flexibility index (Phi) is 6.87. The first-order valence-corrected chi connectivity index (χ1v) is 8.85. The molecule has 2 aromatic rings. The van der Waals surface area contributed by atoms with E-state index in [2.05, 4.69) is 36.6 Å². The van der Waals surface area contributed by atoms with Gasteiger partial charge in [-0.25, -0.2) is 0 Å². The standard InChI is InChI=1S/C17H14Br2F4O2/c18-13-5-2-6-14(19)12(13)7-8-15(24)10-3-1-4-11(9-10)25-17(22,23)16(20)21/h1-6,9,15-16,24H,7-8H2. The first-order valence-electron chi connectivity index (χ1n) is 7.26. The number of ether oxygens (including phenoxy) is 1. The van der Waals surface area contributed by atoms with Gasteiger partial charge in [-0.05, 0) is 48.2 Å². The van der Waals surface area contributed by atoms with Crippen LogP contribution in [0.25, 0.3) is 0 Å². The van der Waals surface area contributed by atoms with Crippen molar-refractivity contribution in [2.75, 3.05) is 0 Å². The zero-order chi connectivity index (χ0) is 18.6. The molecule has 2 aromatic carbocycles. The molecule has 25 heavy (non-hydrogen) atoms. The van der Waals surface area contributed by atoms with Gasteiger partial charge in [0.1, 0.15) is 5.75 Å². The van der Waals surface area contributed by atoms with E-state index in [-0.39, 0.29) is 0 Å². The molecular formula is C17H14Br2F4O2. The van der Waals surface area contributed by atoms with Crippen molar-refractivity contribution in [2.45, 2.75) is 31.5 Å². The predicted molar refractivity (Wildman–Crippen MR) is 93.1 cm³/mol. The van der Waals surface area contributed by atoms with Crippen LogP contribution in [0, 0.1) is 0 Å². The molecule has 8 heteroatoms. The Morgan fingerprint density at radius 3 is 2.24 bits per heavy atom. The zero-order valence-electron chi connectivity index (χ0n) is 12.7. The minimum absolute atomic E-state index is 0.311. The summed E-state index contributed by atoms with van der Waals surface area (Å²) in [5.74, 6) is -0.427. The van der Waals surface area contributed by atoms with Gasteiger partial charge in [0.25, 0.3) is 0 Å². The summed E-state index contributed by atoms with van der Waals surface area (Å²) in [7, 11) is 0. The summed E-state index contributed by atoms with van der Waals surface area (Å²) >= 11 is 6.85. The quantitative estimate of drug-likeness (QED) is 0.479. The molecule has 0 bridgehead atoms. The van der Waals surface area contributed by atoms with Crippen LogP contribution in [0.1, 0.15) is 23.7 Å². The number of aliphatic hydroxyl groups is 1. The summed E-state index contributed by atoms with van der Waals surface area (Å²) in [6.45, 7) is 0. The topological polar surface area (TPSA) is 29.5 Å². The lowest BCUT2D eigenvalue weighted by Crippen LogP contribution is -2.33. The highest BCUT2D eigenvalue weighted by Crippen LogP contribution is 2.31. The number of hydrogen-bond acceptors (Lipinski definition) is 2. The highest BCUT2D eigenvalue weighted by atomic mass is 79.9. The van der Waals surface area contributed by atoms with Gasteiger partial charge in [0.05, 0.1) is 6.10 Å². The van der Waals surface area contributed by atoms with Crippen LogP contribution in [0.15, 0.2) is 51.4 Å². The Morgan fingerprint density at radius 1 is 1.04 bits per heavy atom. The maximum absolute atomic E-state index is 13.0. The average Bonchev–Trinajstić information content (AvgIpc) is 2.54. The lowest BCUT2D eigenvalue weighted by atomic mass is 10.0. The third-order valence-electron chi connectivity index (χ3n) is 3.48. The van der Waals surface area contributed by atoms with Gasteiger partial charge in [-0.1, -0.05) is 50.1 Å². The Labute approximate surface area is 159 Å². The number of aliphatic hydroxyl groups excluding tert-OH is 1. The molecule has 0 aliphatic rings. The van der Waals surface area contributed by atoms with Crippen molar-refractivity contribution >= 4 is 31.9 Å². The third-order valence-corrected chi connectivity index (χ3v) is 4.97. The lowest BCUT2D eigenvalue weighted by molar-refractivity contribution is -0.253. The number of benzene rings is 2. The van der Waals surface area contributed by atoms with E-state index in [0.29, 0.717) is 18.4 Å². The predicted octanol–water partition coefficient (Wildman–Crippen LogP) is 6.11. The van der Waals surface area contributed by atoms with E-state index in [0.717, 1.165) is 26.6 Å². The smallest absolute Gasteiger partial charge is 0.428 e. The van der Waals surface area contributed by atoms with Crippen molar-refractivity contribution in [3.8, 4) is 5.75 Å². The molecule has 0 saturated carbocycles. The van der Waals surface area contributed by atoms with E-state index in [1.165, 1.54) is 12.1 Å². The van der Waals surface area contributed by atoms with Crippen LogP contribution in [0.4, 0.5) is 17.6 Å². The van der Waals surface area contributed by atoms with Crippen molar-refractivity contribution in [1.82, 2.24) is 0 Å². The van der Waals surface area contributed by atoms with Crippen LogP contribution in [0.3, 0.4) is 0 Å². The second-order valence-electron chi connectivity index (χ2n) is 5.29. The zero-order valence-corrected chi connectivity index (χ0v) is 15.9. The maximum Gasteiger partial charge on any atom is 0.461 e. The monoisotopic (exact) mass is 484 g/mol. The van der Waals surface area contributed by atoms with Crippen LogP contribution >= 0.6 is 31.9 Å². The molecule has 1 N–H and O–H groups in total. The van der Waals surface area contributed by atoms with Gasteiger partial charge in [-0.3, -0.25) is 0 Å². The van der Waals surface area contributed by atoms with Gasteiger partial charge >= 0.3 is 12.5 Å². The van der Waals surface area contributed by atoms with E-state index >= 15 is 0 Å². The van der Waals surface area contributed by atoms with Crippen LogP contribution in [-0.2, 0) is 6.42 Å². The second kappa shape index (κ2) is 8.51. The van der Waals surface area contributed by atoms with Gasteiger partial charge in [0.15, 0.2) is 0 Å². The fraction of sp³-hybridized carbons (Fsp3) is 0.294. The highest BCUT2D eigenvalue weighted by Gasteiger charge is 2.44. The Balaban J connectivity index is 2.07. The molecule has 1 atom stereocenters. The second-order valence-corrected chi connectivity index (χ2v) is 7.00. The summed E-state index contributed by atoms with van der Waals surface area (Å²) in [5, 5.41) is 10.3. The summed E-state index contributed by atoms with van der Waals surface area (Å²) in [6, 6.07) is 10.8. The molecule has 0 aliphatic heterocycles. The van der Waals surface area contributed by atoms with E-state index in [1.54, 1.807) is 0 Å². The minimum atomic E-state index is -4.58. The molecule has 0 fully saturated rings. The fourth-order valence-electron chi connectivity index (χ4n) is 2.21. The van der Waals surface area contributed by atoms with Crippen molar-refractivity contribution < 1.29 is 27.4 Å².